The van der Waals surface area contributed by atoms with E-state index in [2.05, 4.69) is 60.8 Å². The van der Waals surface area contributed by atoms with Crippen molar-refractivity contribution >= 4 is 5.91 Å². The van der Waals surface area contributed by atoms with Crippen LogP contribution in [-0.4, -0.2) is 5.91 Å². The van der Waals surface area contributed by atoms with Gasteiger partial charge in [0.25, 0.3) is 0 Å². The number of carbonyl (C=O) groups excluding carboxylic acids is 1. The van der Waals surface area contributed by atoms with Crippen molar-refractivity contribution in [2.45, 2.75) is 54.0 Å². The van der Waals surface area contributed by atoms with Crippen LogP contribution in [0.5, 0.6) is 0 Å². The highest BCUT2D eigenvalue weighted by Gasteiger charge is 2.06. The molecule has 0 radical (unpaired) electrons. The van der Waals surface area contributed by atoms with Crippen molar-refractivity contribution in [1.82, 2.24) is 5.32 Å². The Balaban J connectivity index is 0.00000185. The van der Waals surface area contributed by atoms with Gasteiger partial charge in [-0.05, 0) is 28.7 Å². The van der Waals surface area contributed by atoms with Crippen LogP contribution < -0.4 is 5.32 Å². The number of hydrogen-bond acceptors (Lipinski definition) is 1. The molecule has 1 amide bonds. The van der Waals surface area contributed by atoms with E-state index in [0.717, 1.165) is 12.0 Å². The lowest BCUT2D eigenvalue weighted by Crippen LogP contribution is -2.27. The molecule has 0 spiro atoms. The third kappa shape index (κ3) is 6.19. The molecule has 2 aromatic rings. The monoisotopic (exact) mass is 327 g/mol. The summed E-state index contributed by atoms with van der Waals surface area (Å²) >= 11 is 0. The summed E-state index contributed by atoms with van der Waals surface area (Å²) in [6.07, 6.45) is 2.31. The van der Waals surface area contributed by atoms with Crippen molar-refractivity contribution in [1.29, 1.82) is 0 Å². The van der Waals surface area contributed by atoms with E-state index in [9.17, 15) is 4.79 Å². The highest BCUT2D eigenvalue weighted by atomic mass is 16.1. The van der Waals surface area contributed by atoms with Gasteiger partial charge in [-0.15, -0.1) is 0 Å². The average Bonchev–Trinajstić information content (AvgIpc) is 2.63. The van der Waals surface area contributed by atoms with Gasteiger partial charge in [0.1, 0.15) is 0 Å². The zero-order valence-electron chi connectivity index (χ0n) is 15.7. The minimum Gasteiger partial charge on any atom is -0.352 e. The molecule has 0 aliphatic heterocycles. The molecule has 0 bridgehead atoms. The Kier molecular flexibility index (Phi) is 8.85. The summed E-state index contributed by atoms with van der Waals surface area (Å²) in [4.78, 5) is 11.6. The third-order valence-electron chi connectivity index (χ3n) is 3.77. The lowest BCUT2D eigenvalue weighted by atomic mass is 10.0. The predicted molar refractivity (Wildman–Crippen MR) is 106 cm³/mol. The maximum atomic E-state index is 11.6. The van der Waals surface area contributed by atoms with Crippen LogP contribution in [0.3, 0.4) is 0 Å². The van der Waals surface area contributed by atoms with E-state index in [4.69, 9.17) is 0 Å². The fourth-order valence-electron chi connectivity index (χ4n) is 2.36. The number of aryl methyl sites for hydroxylation is 1. The summed E-state index contributed by atoms with van der Waals surface area (Å²) in [6.45, 7) is 10.6. The normalized spacial score (nSPS) is 10.1. The summed E-state index contributed by atoms with van der Waals surface area (Å²) in [5.74, 6) is 0.122. The van der Waals surface area contributed by atoms with Crippen LogP contribution in [0.4, 0.5) is 0 Å². The molecule has 132 valence electrons. The van der Waals surface area contributed by atoms with Crippen LogP contribution in [0.1, 0.15) is 53.6 Å². The topological polar surface area (TPSA) is 29.1 Å². The van der Waals surface area contributed by atoms with Crippen molar-refractivity contribution in [3.8, 4) is 11.1 Å². The summed E-state index contributed by atoms with van der Waals surface area (Å²) in [5, 5.41) is 2.94. The minimum atomic E-state index is 0. The van der Waals surface area contributed by atoms with Crippen LogP contribution >= 0.6 is 0 Å². The van der Waals surface area contributed by atoms with Crippen LogP contribution in [0.15, 0.2) is 48.5 Å². The standard InChI is InChI=1S/C20H25NO.C2H6.H2/c1-4-5-16-6-10-18(11-7-16)19-12-8-17(9-13-19)14-21-20(22)15(2)3;1-2;/h6-13,15H,4-5,14H2,1-3H3,(H,21,22);1-2H3;1H. The highest BCUT2D eigenvalue weighted by molar-refractivity contribution is 5.77. The fourth-order valence-corrected chi connectivity index (χ4v) is 2.36. The van der Waals surface area contributed by atoms with E-state index in [0.29, 0.717) is 6.54 Å². The minimum absolute atomic E-state index is 0. The van der Waals surface area contributed by atoms with Crippen molar-refractivity contribution < 1.29 is 6.22 Å². The first-order valence-corrected chi connectivity index (χ1v) is 9.06. The molecule has 1 N–H and O–H groups in total. The van der Waals surface area contributed by atoms with Gasteiger partial charge < -0.3 is 5.32 Å². The molecule has 0 aliphatic rings. The molecule has 0 saturated carbocycles. The molecule has 0 heterocycles. The van der Waals surface area contributed by atoms with E-state index in [1.807, 2.05) is 27.7 Å². The van der Waals surface area contributed by atoms with Gasteiger partial charge in [0.2, 0.25) is 5.91 Å². The molecule has 0 saturated heterocycles. The Hall–Kier alpha value is -2.09. The largest absolute Gasteiger partial charge is 0.352 e. The van der Waals surface area contributed by atoms with Crippen molar-refractivity contribution in [2.75, 3.05) is 0 Å². The molecule has 0 fully saturated rings. The first-order chi connectivity index (χ1) is 11.6. The van der Waals surface area contributed by atoms with E-state index < -0.39 is 0 Å². The van der Waals surface area contributed by atoms with Gasteiger partial charge in [-0.3, -0.25) is 4.79 Å². The summed E-state index contributed by atoms with van der Waals surface area (Å²) in [5.41, 5.74) is 4.96. The predicted octanol–water partition coefficient (Wildman–Crippen LogP) is 5.85. The molecule has 0 unspecified atom stereocenters. The second-order valence-corrected chi connectivity index (χ2v) is 6.02. The molecule has 2 rings (SSSR count). The van der Waals surface area contributed by atoms with Gasteiger partial charge in [-0.25, -0.2) is 0 Å². The Labute approximate surface area is 148 Å². The Morgan fingerprint density at radius 3 is 1.79 bits per heavy atom. The van der Waals surface area contributed by atoms with Gasteiger partial charge in [0.15, 0.2) is 0 Å². The van der Waals surface area contributed by atoms with Gasteiger partial charge >= 0.3 is 0 Å². The van der Waals surface area contributed by atoms with Gasteiger partial charge in [-0.2, -0.15) is 0 Å². The first kappa shape index (κ1) is 20.0. The van der Waals surface area contributed by atoms with E-state index in [1.165, 1.54) is 23.1 Å². The molecule has 2 aromatic carbocycles. The van der Waals surface area contributed by atoms with Crippen molar-refractivity contribution in [3.05, 3.63) is 59.7 Å². The molecule has 2 heteroatoms. The van der Waals surface area contributed by atoms with Crippen LogP contribution in [0, 0.1) is 5.92 Å². The molecule has 0 aromatic heterocycles. The van der Waals surface area contributed by atoms with Crippen molar-refractivity contribution in [3.63, 3.8) is 0 Å². The van der Waals surface area contributed by atoms with E-state index in [-0.39, 0.29) is 13.3 Å². The lowest BCUT2D eigenvalue weighted by Gasteiger charge is -2.09. The number of hydrogen-bond donors (Lipinski definition) is 1. The molecular formula is C22H33NO. The number of nitrogens with one attached hydrogen (secondary N) is 1. The molecule has 2 nitrogen and oxygen atoms in total. The lowest BCUT2D eigenvalue weighted by molar-refractivity contribution is -0.124. The Morgan fingerprint density at radius 2 is 1.38 bits per heavy atom. The third-order valence-corrected chi connectivity index (χ3v) is 3.77. The number of rotatable bonds is 6. The summed E-state index contributed by atoms with van der Waals surface area (Å²) in [7, 11) is 0. The maximum absolute atomic E-state index is 11.6. The van der Waals surface area contributed by atoms with Crippen LogP contribution in [0.2, 0.25) is 0 Å². The molecular weight excluding hydrogens is 294 g/mol. The second kappa shape index (κ2) is 10.6. The maximum Gasteiger partial charge on any atom is 0.222 e. The molecule has 0 atom stereocenters. The molecule has 0 aliphatic carbocycles. The van der Waals surface area contributed by atoms with Gasteiger partial charge in [-0.1, -0.05) is 89.6 Å². The number of amides is 1. The van der Waals surface area contributed by atoms with Gasteiger partial charge in [0, 0.05) is 13.9 Å². The Bertz CT molecular complexity index is 603. The fraction of sp³-hybridized carbons (Fsp3) is 0.409. The smallest absolute Gasteiger partial charge is 0.222 e. The summed E-state index contributed by atoms with van der Waals surface area (Å²) in [6, 6.07) is 17.2. The average molecular weight is 328 g/mol. The van der Waals surface area contributed by atoms with E-state index >= 15 is 0 Å². The SMILES string of the molecule is CC.CCCc1ccc(-c2ccc(CNC(=O)C(C)C)cc2)cc1.[HH]. The van der Waals surface area contributed by atoms with Crippen LogP contribution in [-0.2, 0) is 17.8 Å². The second-order valence-electron chi connectivity index (χ2n) is 6.02. The van der Waals surface area contributed by atoms with Crippen LogP contribution in [0.25, 0.3) is 11.1 Å². The highest BCUT2D eigenvalue weighted by Crippen LogP contribution is 2.21. The number of carbonyl (C=O) groups is 1. The number of benzene rings is 2. The zero-order valence-corrected chi connectivity index (χ0v) is 15.7. The van der Waals surface area contributed by atoms with Crippen molar-refractivity contribution in [2.24, 2.45) is 5.92 Å². The quantitative estimate of drug-likeness (QED) is 0.708. The zero-order chi connectivity index (χ0) is 17.9. The summed E-state index contributed by atoms with van der Waals surface area (Å²) < 4.78 is 0. The molecule has 24 heavy (non-hydrogen) atoms. The van der Waals surface area contributed by atoms with Gasteiger partial charge in [0.05, 0.1) is 0 Å². The Morgan fingerprint density at radius 1 is 0.917 bits per heavy atom. The van der Waals surface area contributed by atoms with E-state index in [1.54, 1.807) is 0 Å². The first-order valence-electron chi connectivity index (χ1n) is 9.06.